The van der Waals surface area contributed by atoms with Crippen LogP contribution in [0.1, 0.15) is 18.4 Å². The van der Waals surface area contributed by atoms with Crippen molar-refractivity contribution >= 4 is 23.2 Å². The van der Waals surface area contributed by atoms with Crippen LogP contribution in [0.15, 0.2) is 18.2 Å². The zero-order chi connectivity index (χ0) is 15.1. The van der Waals surface area contributed by atoms with Crippen LogP contribution in [0.3, 0.4) is 0 Å². The van der Waals surface area contributed by atoms with E-state index < -0.39 is 4.92 Å². The number of carbonyl (C=O) groups excluding carboxylic acids is 1. The lowest BCUT2D eigenvalue weighted by Crippen LogP contribution is -2.26. The molecule has 0 radical (unpaired) electrons. The van der Waals surface area contributed by atoms with E-state index in [1.165, 1.54) is 23.1 Å². The zero-order valence-electron chi connectivity index (χ0n) is 11.6. The van der Waals surface area contributed by atoms with Gasteiger partial charge in [0.2, 0.25) is 5.91 Å². The van der Waals surface area contributed by atoms with Gasteiger partial charge in [-0.15, -0.1) is 0 Å². The largest absolute Gasteiger partial charge is 0.341 e. The Hall–Kier alpha value is -1.66. The molecule has 0 spiro atoms. The molecule has 0 unspecified atom stereocenters. The maximum absolute atomic E-state index is 11.9. The van der Waals surface area contributed by atoms with Crippen molar-refractivity contribution in [1.82, 2.24) is 10.2 Å². The fraction of sp³-hybridized carbons (Fsp3) is 0.462. The Labute approximate surface area is 122 Å². The molecule has 0 aliphatic heterocycles. The molecule has 0 bridgehead atoms. The Kier molecular flexibility index (Phi) is 6.41. The van der Waals surface area contributed by atoms with Gasteiger partial charge in [0.15, 0.2) is 0 Å². The third-order valence-corrected chi connectivity index (χ3v) is 3.26. The van der Waals surface area contributed by atoms with Crippen LogP contribution in [-0.4, -0.2) is 36.4 Å². The fourth-order valence-corrected chi connectivity index (χ4v) is 1.92. The summed E-state index contributed by atoms with van der Waals surface area (Å²) in [6.45, 7) is 1.04. The van der Waals surface area contributed by atoms with E-state index in [1.54, 1.807) is 7.05 Å². The number of nitrogens with one attached hydrogen (secondary N) is 1. The van der Waals surface area contributed by atoms with Gasteiger partial charge in [-0.05, 0) is 31.6 Å². The SMILES string of the molecule is CNCCCC(=O)N(C)Cc1cc([N+](=O)[O-])ccc1Cl. The number of rotatable bonds is 7. The molecule has 1 aromatic rings. The predicted octanol–water partition coefficient (Wildman–Crippen LogP) is 2.21. The van der Waals surface area contributed by atoms with E-state index >= 15 is 0 Å². The Morgan fingerprint density at radius 2 is 2.20 bits per heavy atom. The molecule has 6 nitrogen and oxygen atoms in total. The molecule has 7 heteroatoms. The van der Waals surface area contributed by atoms with E-state index in [9.17, 15) is 14.9 Å². The first-order valence-electron chi connectivity index (χ1n) is 6.27. The molecule has 0 saturated carbocycles. The van der Waals surface area contributed by atoms with Crippen LogP contribution in [0.25, 0.3) is 0 Å². The Balaban J connectivity index is 2.69. The van der Waals surface area contributed by atoms with Gasteiger partial charge in [0, 0.05) is 37.2 Å². The van der Waals surface area contributed by atoms with Crippen LogP contribution in [-0.2, 0) is 11.3 Å². The molecule has 0 saturated heterocycles. The highest BCUT2D eigenvalue weighted by Crippen LogP contribution is 2.23. The van der Waals surface area contributed by atoms with Crippen LogP contribution in [0.2, 0.25) is 5.02 Å². The minimum Gasteiger partial charge on any atom is -0.341 e. The van der Waals surface area contributed by atoms with Gasteiger partial charge in [-0.25, -0.2) is 0 Å². The van der Waals surface area contributed by atoms with E-state index in [1.807, 2.05) is 7.05 Å². The topological polar surface area (TPSA) is 75.5 Å². The number of benzene rings is 1. The van der Waals surface area contributed by atoms with E-state index in [4.69, 9.17) is 11.6 Å². The van der Waals surface area contributed by atoms with Crippen molar-refractivity contribution in [3.63, 3.8) is 0 Å². The third-order valence-electron chi connectivity index (χ3n) is 2.89. The molecule has 0 aliphatic carbocycles. The average molecular weight is 300 g/mol. The summed E-state index contributed by atoms with van der Waals surface area (Å²) in [6, 6.07) is 4.23. The number of carbonyl (C=O) groups is 1. The number of nitro benzene ring substituents is 1. The molecule has 20 heavy (non-hydrogen) atoms. The van der Waals surface area contributed by atoms with Crippen LogP contribution < -0.4 is 5.32 Å². The van der Waals surface area contributed by atoms with Crippen LogP contribution in [0.5, 0.6) is 0 Å². The summed E-state index contributed by atoms with van der Waals surface area (Å²) >= 11 is 6.01. The van der Waals surface area contributed by atoms with Gasteiger partial charge in [-0.2, -0.15) is 0 Å². The van der Waals surface area contributed by atoms with Gasteiger partial charge in [0.25, 0.3) is 5.69 Å². The zero-order valence-corrected chi connectivity index (χ0v) is 12.3. The Bertz CT molecular complexity index is 494. The lowest BCUT2D eigenvalue weighted by Gasteiger charge is -2.18. The summed E-state index contributed by atoms with van der Waals surface area (Å²) in [4.78, 5) is 23.7. The summed E-state index contributed by atoms with van der Waals surface area (Å²) in [5.74, 6) is -0.0113. The second kappa shape index (κ2) is 7.81. The maximum Gasteiger partial charge on any atom is 0.269 e. The molecule has 0 fully saturated rings. The van der Waals surface area contributed by atoms with E-state index in [0.29, 0.717) is 17.0 Å². The third kappa shape index (κ3) is 4.79. The lowest BCUT2D eigenvalue weighted by molar-refractivity contribution is -0.384. The van der Waals surface area contributed by atoms with Crippen molar-refractivity contribution in [3.8, 4) is 0 Å². The average Bonchev–Trinajstić information content (AvgIpc) is 2.41. The summed E-state index contributed by atoms with van der Waals surface area (Å²) in [5.41, 5.74) is 0.547. The summed E-state index contributed by atoms with van der Waals surface area (Å²) in [6.07, 6.45) is 1.19. The monoisotopic (exact) mass is 299 g/mol. The van der Waals surface area contributed by atoms with Crippen molar-refractivity contribution in [3.05, 3.63) is 38.9 Å². The molecule has 1 N–H and O–H groups in total. The van der Waals surface area contributed by atoms with Crippen molar-refractivity contribution in [2.24, 2.45) is 0 Å². The van der Waals surface area contributed by atoms with E-state index in [0.717, 1.165) is 13.0 Å². The number of hydrogen-bond donors (Lipinski definition) is 1. The number of hydrogen-bond acceptors (Lipinski definition) is 4. The molecule has 1 aromatic carbocycles. The fourth-order valence-electron chi connectivity index (χ4n) is 1.75. The minimum atomic E-state index is -0.478. The normalized spacial score (nSPS) is 10.3. The molecule has 0 heterocycles. The lowest BCUT2D eigenvalue weighted by atomic mass is 10.2. The highest BCUT2D eigenvalue weighted by Gasteiger charge is 2.14. The highest BCUT2D eigenvalue weighted by molar-refractivity contribution is 6.31. The van der Waals surface area contributed by atoms with Gasteiger partial charge in [0.05, 0.1) is 4.92 Å². The van der Waals surface area contributed by atoms with E-state index in [2.05, 4.69) is 5.32 Å². The summed E-state index contributed by atoms with van der Waals surface area (Å²) in [7, 11) is 3.49. The second-order valence-electron chi connectivity index (χ2n) is 4.49. The molecular formula is C13H18ClN3O3. The van der Waals surface area contributed by atoms with Gasteiger partial charge in [0.1, 0.15) is 0 Å². The van der Waals surface area contributed by atoms with Crippen molar-refractivity contribution in [1.29, 1.82) is 0 Å². The number of nitrogens with zero attached hydrogens (tertiary/aromatic N) is 2. The van der Waals surface area contributed by atoms with Crippen molar-refractivity contribution in [2.45, 2.75) is 19.4 Å². The van der Waals surface area contributed by atoms with Crippen LogP contribution >= 0.6 is 11.6 Å². The summed E-state index contributed by atoms with van der Waals surface area (Å²) in [5, 5.41) is 14.1. The molecular weight excluding hydrogens is 282 g/mol. The van der Waals surface area contributed by atoms with E-state index in [-0.39, 0.29) is 18.1 Å². The molecule has 1 rings (SSSR count). The first-order chi connectivity index (χ1) is 9.45. The molecule has 0 aromatic heterocycles. The Morgan fingerprint density at radius 3 is 2.80 bits per heavy atom. The number of amides is 1. The second-order valence-corrected chi connectivity index (χ2v) is 4.90. The first kappa shape index (κ1) is 16.4. The standard InChI is InChI=1S/C13H18ClN3O3/c1-15-7-3-4-13(18)16(2)9-10-8-11(17(19)20)5-6-12(10)14/h5-6,8,15H,3-4,7,9H2,1-2H3. The quantitative estimate of drug-likeness (QED) is 0.476. The maximum atomic E-state index is 11.9. The summed E-state index contributed by atoms with van der Waals surface area (Å²) < 4.78 is 0. The number of halogens is 1. The predicted molar refractivity (Wildman–Crippen MR) is 77.7 cm³/mol. The van der Waals surface area contributed by atoms with Crippen molar-refractivity contribution in [2.75, 3.05) is 20.6 Å². The smallest absolute Gasteiger partial charge is 0.269 e. The van der Waals surface area contributed by atoms with Gasteiger partial charge < -0.3 is 10.2 Å². The van der Waals surface area contributed by atoms with Crippen molar-refractivity contribution < 1.29 is 9.72 Å². The molecule has 110 valence electrons. The number of nitro groups is 1. The van der Waals surface area contributed by atoms with Gasteiger partial charge >= 0.3 is 0 Å². The minimum absolute atomic E-state index is 0.0113. The first-order valence-corrected chi connectivity index (χ1v) is 6.65. The molecule has 1 amide bonds. The molecule has 0 aliphatic rings. The van der Waals surface area contributed by atoms with Gasteiger partial charge in [-0.3, -0.25) is 14.9 Å². The molecule has 0 atom stereocenters. The highest BCUT2D eigenvalue weighted by atomic mass is 35.5. The Morgan fingerprint density at radius 1 is 1.50 bits per heavy atom. The van der Waals surface area contributed by atoms with Crippen LogP contribution in [0, 0.1) is 10.1 Å². The van der Waals surface area contributed by atoms with Gasteiger partial charge in [-0.1, -0.05) is 11.6 Å². The number of non-ortho nitro benzene ring substituents is 1. The van der Waals surface area contributed by atoms with Crippen LogP contribution in [0.4, 0.5) is 5.69 Å².